The minimum Gasteiger partial charge on any atom is -0.468 e. The fourth-order valence-corrected chi connectivity index (χ4v) is 3.44. The highest BCUT2D eigenvalue weighted by Crippen LogP contribution is 2.21. The van der Waals surface area contributed by atoms with E-state index in [0.29, 0.717) is 5.69 Å². The molecular weight excluding hydrogens is 368 g/mol. The Morgan fingerprint density at radius 2 is 1.68 bits per heavy atom. The molecule has 0 aliphatic carbocycles. The first-order valence-corrected chi connectivity index (χ1v) is 8.92. The zero-order chi connectivity index (χ0) is 18.4. The number of nitrogens with zero attached hydrogens (tertiary/aromatic N) is 1. The second-order valence-electron chi connectivity index (χ2n) is 4.84. The van der Waals surface area contributed by atoms with Gasteiger partial charge in [0.05, 0.1) is 12.1 Å². The molecule has 7 nitrogen and oxygen atoms in total. The lowest BCUT2D eigenvalue weighted by atomic mass is 10.3. The molecule has 2 amide bonds. The summed E-state index contributed by atoms with van der Waals surface area (Å²) in [5, 5.41) is -0.0259. The fraction of sp³-hybridized carbons (Fsp3) is 0.125. The number of urea groups is 1. The van der Waals surface area contributed by atoms with Crippen molar-refractivity contribution in [1.82, 2.24) is 4.72 Å². The predicted octanol–water partition coefficient (Wildman–Crippen LogP) is 2.42. The average molecular weight is 383 g/mol. The van der Waals surface area contributed by atoms with Crippen molar-refractivity contribution in [2.75, 3.05) is 18.6 Å². The number of methoxy groups -OCH3 is 1. The summed E-state index contributed by atoms with van der Waals surface area (Å²) in [6.07, 6.45) is 0. The number of ether oxygens (including phenoxy) is 1. The summed E-state index contributed by atoms with van der Waals surface area (Å²) in [7, 11) is -3.04. The van der Waals surface area contributed by atoms with Crippen molar-refractivity contribution in [3.8, 4) is 0 Å². The quantitative estimate of drug-likeness (QED) is 0.801. The van der Waals surface area contributed by atoms with Gasteiger partial charge in [0.1, 0.15) is 11.4 Å². The number of benzene rings is 2. The topological polar surface area (TPSA) is 92.8 Å². The van der Waals surface area contributed by atoms with Gasteiger partial charge >= 0.3 is 12.0 Å². The van der Waals surface area contributed by atoms with Gasteiger partial charge in [0.2, 0.25) is 0 Å². The molecule has 0 aliphatic heterocycles. The lowest BCUT2D eigenvalue weighted by Gasteiger charge is -2.22. The Morgan fingerprint density at radius 1 is 1.08 bits per heavy atom. The fourth-order valence-electron chi connectivity index (χ4n) is 1.97. The summed E-state index contributed by atoms with van der Waals surface area (Å²) in [5.41, 5.74) is 0.333. The second kappa shape index (κ2) is 8.00. The standard InChI is InChI=1S/C16H15ClN2O5S/c1-24-15(20)11-19(12-7-3-2-4-8-12)16(21)18-25(22,23)14-10-6-5-9-13(14)17/h2-10H,11H2,1H3,(H,18,21). The summed E-state index contributed by atoms with van der Waals surface area (Å²) in [5.74, 6) is -0.700. The van der Waals surface area contributed by atoms with Crippen LogP contribution in [0.15, 0.2) is 59.5 Å². The van der Waals surface area contributed by atoms with Gasteiger partial charge in [-0.3, -0.25) is 9.69 Å². The number of nitrogens with one attached hydrogen (secondary N) is 1. The molecule has 0 saturated carbocycles. The van der Waals surface area contributed by atoms with Gasteiger partial charge in [-0.2, -0.15) is 0 Å². The molecule has 0 radical (unpaired) electrons. The van der Waals surface area contributed by atoms with Crippen LogP contribution in [0.25, 0.3) is 0 Å². The van der Waals surface area contributed by atoms with Crippen LogP contribution in [-0.4, -0.2) is 34.1 Å². The molecule has 0 heterocycles. The number of anilines is 1. The molecule has 0 spiro atoms. The molecule has 132 valence electrons. The maximum atomic E-state index is 12.5. The van der Waals surface area contributed by atoms with Crippen LogP contribution in [0.1, 0.15) is 0 Å². The molecule has 0 aliphatic rings. The lowest BCUT2D eigenvalue weighted by molar-refractivity contribution is -0.138. The smallest absolute Gasteiger partial charge is 0.336 e. The number of hydrogen-bond donors (Lipinski definition) is 1. The monoisotopic (exact) mass is 382 g/mol. The number of hydrogen-bond acceptors (Lipinski definition) is 5. The molecule has 2 rings (SSSR count). The molecule has 2 aromatic rings. The van der Waals surface area contributed by atoms with E-state index in [9.17, 15) is 18.0 Å². The Morgan fingerprint density at radius 3 is 2.28 bits per heavy atom. The normalized spacial score (nSPS) is 10.8. The Hall–Kier alpha value is -2.58. The zero-order valence-electron chi connectivity index (χ0n) is 13.2. The summed E-state index contributed by atoms with van der Waals surface area (Å²) in [4.78, 5) is 24.8. The number of amides is 2. The Labute approximate surface area is 150 Å². The average Bonchev–Trinajstić information content (AvgIpc) is 2.59. The van der Waals surface area contributed by atoms with Crippen LogP contribution in [-0.2, 0) is 19.6 Å². The van der Waals surface area contributed by atoms with Crippen molar-refractivity contribution >= 4 is 39.3 Å². The predicted molar refractivity (Wildman–Crippen MR) is 93.0 cm³/mol. The van der Waals surface area contributed by atoms with Crippen LogP contribution in [0.5, 0.6) is 0 Å². The minimum absolute atomic E-state index is 0.0259. The SMILES string of the molecule is COC(=O)CN(C(=O)NS(=O)(=O)c1ccccc1Cl)c1ccccc1. The van der Waals surface area contributed by atoms with Gasteiger partial charge < -0.3 is 4.74 Å². The molecule has 25 heavy (non-hydrogen) atoms. The Balaban J connectivity index is 2.31. The second-order valence-corrected chi connectivity index (χ2v) is 6.90. The van der Waals surface area contributed by atoms with E-state index in [2.05, 4.69) is 4.74 Å². The molecule has 0 atom stereocenters. The maximum Gasteiger partial charge on any atom is 0.336 e. The Kier molecular flexibility index (Phi) is 6.00. The van der Waals surface area contributed by atoms with Gasteiger partial charge in [-0.1, -0.05) is 41.9 Å². The lowest BCUT2D eigenvalue weighted by Crippen LogP contribution is -2.45. The van der Waals surface area contributed by atoms with Gasteiger partial charge in [0, 0.05) is 5.69 Å². The van der Waals surface area contributed by atoms with E-state index in [0.717, 1.165) is 4.90 Å². The largest absolute Gasteiger partial charge is 0.468 e. The number of carbonyl (C=O) groups excluding carboxylic acids is 2. The molecule has 1 N–H and O–H groups in total. The van der Waals surface area contributed by atoms with Gasteiger partial charge in [-0.05, 0) is 24.3 Å². The molecule has 2 aromatic carbocycles. The van der Waals surface area contributed by atoms with E-state index in [1.165, 1.54) is 25.3 Å². The number of rotatable bonds is 5. The molecule has 0 fully saturated rings. The van der Waals surface area contributed by atoms with Gasteiger partial charge in [-0.25, -0.2) is 17.9 Å². The van der Waals surface area contributed by atoms with Gasteiger partial charge in [0.25, 0.3) is 10.0 Å². The first-order valence-electron chi connectivity index (χ1n) is 7.06. The molecule has 0 bridgehead atoms. The number of esters is 1. The number of sulfonamides is 1. The van der Waals surface area contributed by atoms with E-state index in [4.69, 9.17) is 11.6 Å². The third-order valence-electron chi connectivity index (χ3n) is 3.18. The summed E-state index contributed by atoms with van der Waals surface area (Å²) in [6, 6.07) is 12.8. The maximum absolute atomic E-state index is 12.5. The van der Waals surface area contributed by atoms with Crippen molar-refractivity contribution in [2.45, 2.75) is 4.90 Å². The summed E-state index contributed by atoms with van der Waals surface area (Å²) >= 11 is 5.88. The molecule has 0 aromatic heterocycles. The molecule has 0 unspecified atom stereocenters. The third-order valence-corrected chi connectivity index (χ3v) is 5.00. The third kappa shape index (κ3) is 4.71. The van der Waals surface area contributed by atoms with E-state index in [1.54, 1.807) is 36.4 Å². The summed E-state index contributed by atoms with van der Waals surface area (Å²) in [6.45, 7) is -0.454. The molecular formula is C16H15ClN2O5S. The van der Waals surface area contributed by atoms with Crippen LogP contribution in [0.2, 0.25) is 5.02 Å². The highest BCUT2D eigenvalue weighted by Gasteiger charge is 2.26. The van der Waals surface area contributed by atoms with E-state index >= 15 is 0 Å². The van der Waals surface area contributed by atoms with Crippen LogP contribution < -0.4 is 9.62 Å². The zero-order valence-corrected chi connectivity index (χ0v) is 14.8. The number of halogens is 1. The van der Waals surface area contributed by atoms with E-state index in [-0.39, 0.29) is 9.92 Å². The van der Waals surface area contributed by atoms with Crippen molar-refractivity contribution in [1.29, 1.82) is 0 Å². The minimum atomic E-state index is -4.21. The van der Waals surface area contributed by atoms with Crippen LogP contribution in [0, 0.1) is 0 Å². The van der Waals surface area contributed by atoms with Gasteiger partial charge in [-0.15, -0.1) is 0 Å². The van der Waals surface area contributed by atoms with Crippen molar-refractivity contribution in [3.05, 3.63) is 59.6 Å². The number of carbonyl (C=O) groups is 2. The van der Waals surface area contributed by atoms with Crippen molar-refractivity contribution in [2.24, 2.45) is 0 Å². The van der Waals surface area contributed by atoms with Crippen LogP contribution in [0.4, 0.5) is 10.5 Å². The van der Waals surface area contributed by atoms with Crippen molar-refractivity contribution in [3.63, 3.8) is 0 Å². The summed E-state index contributed by atoms with van der Waals surface area (Å²) < 4.78 is 31.3. The van der Waals surface area contributed by atoms with E-state index < -0.39 is 28.6 Å². The van der Waals surface area contributed by atoms with Crippen LogP contribution in [0.3, 0.4) is 0 Å². The van der Waals surface area contributed by atoms with Gasteiger partial charge in [0.15, 0.2) is 0 Å². The number of para-hydroxylation sites is 1. The van der Waals surface area contributed by atoms with Crippen LogP contribution >= 0.6 is 11.6 Å². The highest BCUT2D eigenvalue weighted by molar-refractivity contribution is 7.90. The molecule has 9 heteroatoms. The van der Waals surface area contributed by atoms with E-state index in [1.807, 2.05) is 4.72 Å². The molecule has 0 saturated heterocycles. The highest BCUT2D eigenvalue weighted by atomic mass is 35.5. The first kappa shape index (κ1) is 18.8. The first-order chi connectivity index (χ1) is 11.8. The van der Waals surface area contributed by atoms with Crippen molar-refractivity contribution < 1.29 is 22.7 Å². The Bertz CT molecular complexity index is 871.